The van der Waals surface area contributed by atoms with Gasteiger partial charge in [-0.1, -0.05) is 55.1 Å². The summed E-state index contributed by atoms with van der Waals surface area (Å²) < 4.78 is 10.4. The quantitative estimate of drug-likeness (QED) is 0.395. The standard InChI is InChI=1S/C21H16O4/c1-2-13-24-20(22)16-9-5-10-17(14-16)25-21(23)19-12-6-8-15-7-3-4-11-18(15)19/h2-12,14H,1,13H2. The fourth-order valence-corrected chi connectivity index (χ4v) is 2.47. The van der Waals surface area contributed by atoms with Gasteiger partial charge in [0.1, 0.15) is 12.4 Å². The Hall–Kier alpha value is -3.40. The van der Waals surface area contributed by atoms with Crippen LogP contribution in [0.25, 0.3) is 10.8 Å². The van der Waals surface area contributed by atoms with Gasteiger partial charge in [0.25, 0.3) is 0 Å². The third-order valence-corrected chi connectivity index (χ3v) is 3.62. The molecule has 4 nitrogen and oxygen atoms in total. The van der Waals surface area contributed by atoms with Crippen LogP contribution >= 0.6 is 0 Å². The highest BCUT2D eigenvalue weighted by molar-refractivity contribution is 6.05. The maximum Gasteiger partial charge on any atom is 0.344 e. The first-order valence-corrected chi connectivity index (χ1v) is 7.77. The molecule has 0 saturated carbocycles. The van der Waals surface area contributed by atoms with E-state index in [-0.39, 0.29) is 12.4 Å². The van der Waals surface area contributed by atoms with Crippen LogP contribution in [0.15, 0.2) is 79.4 Å². The summed E-state index contributed by atoms with van der Waals surface area (Å²) in [5.74, 6) is -0.692. The van der Waals surface area contributed by atoms with E-state index in [1.165, 1.54) is 12.1 Å². The third kappa shape index (κ3) is 3.75. The molecule has 0 aromatic heterocycles. The second-order valence-corrected chi connectivity index (χ2v) is 5.33. The Morgan fingerprint density at radius 1 is 0.920 bits per heavy atom. The van der Waals surface area contributed by atoms with E-state index in [2.05, 4.69) is 6.58 Å². The molecule has 0 N–H and O–H groups in total. The van der Waals surface area contributed by atoms with E-state index in [0.717, 1.165) is 10.8 Å². The Morgan fingerprint density at radius 2 is 1.68 bits per heavy atom. The minimum atomic E-state index is -0.497. The van der Waals surface area contributed by atoms with Crippen LogP contribution in [0.4, 0.5) is 0 Å². The van der Waals surface area contributed by atoms with Crippen molar-refractivity contribution in [2.24, 2.45) is 0 Å². The predicted octanol–water partition coefficient (Wildman–Crippen LogP) is 4.40. The summed E-state index contributed by atoms with van der Waals surface area (Å²) in [6.07, 6.45) is 1.49. The van der Waals surface area contributed by atoms with Gasteiger partial charge in [-0.25, -0.2) is 9.59 Å². The summed E-state index contributed by atoms with van der Waals surface area (Å²) >= 11 is 0. The van der Waals surface area contributed by atoms with Crippen molar-refractivity contribution in [2.45, 2.75) is 0 Å². The second kappa shape index (κ2) is 7.45. The summed E-state index contributed by atoms with van der Waals surface area (Å²) in [5.41, 5.74) is 0.780. The molecule has 0 amide bonds. The lowest BCUT2D eigenvalue weighted by Crippen LogP contribution is -2.10. The van der Waals surface area contributed by atoms with Crippen LogP contribution in [0.1, 0.15) is 20.7 Å². The van der Waals surface area contributed by atoms with Crippen molar-refractivity contribution in [3.63, 3.8) is 0 Å². The molecule has 25 heavy (non-hydrogen) atoms. The number of carbonyl (C=O) groups excluding carboxylic acids is 2. The van der Waals surface area contributed by atoms with E-state index in [0.29, 0.717) is 11.1 Å². The minimum absolute atomic E-state index is 0.124. The maximum atomic E-state index is 12.5. The highest BCUT2D eigenvalue weighted by atomic mass is 16.5. The van der Waals surface area contributed by atoms with Gasteiger partial charge in [0.15, 0.2) is 0 Å². The number of benzene rings is 3. The summed E-state index contributed by atoms with van der Waals surface area (Å²) in [6, 6.07) is 19.4. The monoisotopic (exact) mass is 332 g/mol. The molecule has 0 spiro atoms. The number of carbonyl (C=O) groups is 2. The number of rotatable bonds is 5. The van der Waals surface area contributed by atoms with Crippen LogP contribution in [-0.4, -0.2) is 18.5 Å². The predicted molar refractivity (Wildman–Crippen MR) is 95.8 cm³/mol. The molecule has 0 aliphatic carbocycles. The van der Waals surface area contributed by atoms with E-state index in [4.69, 9.17) is 9.47 Å². The minimum Gasteiger partial charge on any atom is -0.458 e. The molecule has 3 aromatic rings. The van der Waals surface area contributed by atoms with E-state index in [9.17, 15) is 9.59 Å². The summed E-state index contributed by atoms with van der Waals surface area (Å²) in [7, 11) is 0. The molecule has 0 aliphatic rings. The summed E-state index contributed by atoms with van der Waals surface area (Å²) in [5, 5.41) is 1.77. The van der Waals surface area contributed by atoms with Gasteiger partial charge in [-0.05, 0) is 35.0 Å². The molecule has 0 fully saturated rings. The van der Waals surface area contributed by atoms with Gasteiger partial charge in [0.05, 0.1) is 11.1 Å². The smallest absolute Gasteiger partial charge is 0.344 e. The van der Waals surface area contributed by atoms with Crippen molar-refractivity contribution in [1.29, 1.82) is 0 Å². The van der Waals surface area contributed by atoms with Crippen molar-refractivity contribution in [3.05, 3.63) is 90.5 Å². The highest BCUT2D eigenvalue weighted by Gasteiger charge is 2.14. The topological polar surface area (TPSA) is 52.6 Å². The van der Waals surface area contributed by atoms with Crippen LogP contribution in [0.5, 0.6) is 5.75 Å². The average molecular weight is 332 g/mol. The van der Waals surface area contributed by atoms with Crippen LogP contribution in [-0.2, 0) is 4.74 Å². The zero-order valence-electron chi connectivity index (χ0n) is 13.5. The maximum absolute atomic E-state index is 12.5. The Bertz CT molecular complexity index is 938. The van der Waals surface area contributed by atoms with Crippen molar-refractivity contribution >= 4 is 22.7 Å². The molecule has 0 saturated heterocycles. The number of hydrogen-bond donors (Lipinski definition) is 0. The number of esters is 2. The Kier molecular flexibility index (Phi) is 4.90. The highest BCUT2D eigenvalue weighted by Crippen LogP contribution is 2.21. The molecule has 0 heterocycles. The number of hydrogen-bond acceptors (Lipinski definition) is 4. The first kappa shape index (κ1) is 16.5. The molecule has 4 heteroatoms. The van der Waals surface area contributed by atoms with Crippen molar-refractivity contribution in [1.82, 2.24) is 0 Å². The van der Waals surface area contributed by atoms with Crippen LogP contribution in [0, 0.1) is 0 Å². The largest absolute Gasteiger partial charge is 0.458 e. The number of fused-ring (bicyclic) bond motifs is 1. The Labute approximate surface area is 145 Å². The Balaban J connectivity index is 1.83. The average Bonchev–Trinajstić information content (AvgIpc) is 2.65. The summed E-state index contributed by atoms with van der Waals surface area (Å²) in [6.45, 7) is 3.62. The Morgan fingerprint density at radius 3 is 2.52 bits per heavy atom. The molecular formula is C21H16O4. The fraction of sp³-hybridized carbons (Fsp3) is 0.0476. The molecule has 0 atom stereocenters. The van der Waals surface area contributed by atoms with Crippen molar-refractivity contribution < 1.29 is 19.1 Å². The van der Waals surface area contributed by atoms with Gasteiger partial charge >= 0.3 is 11.9 Å². The zero-order chi connectivity index (χ0) is 17.6. The molecule has 124 valence electrons. The fourth-order valence-electron chi connectivity index (χ4n) is 2.47. The lowest BCUT2D eigenvalue weighted by atomic mass is 10.0. The van der Waals surface area contributed by atoms with Gasteiger partial charge in [-0.3, -0.25) is 0 Å². The lowest BCUT2D eigenvalue weighted by Gasteiger charge is -2.08. The van der Waals surface area contributed by atoms with Gasteiger partial charge in [0, 0.05) is 0 Å². The molecule has 0 bridgehead atoms. The zero-order valence-corrected chi connectivity index (χ0v) is 13.5. The van der Waals surface area contributed by atoms with Crippen molar-refractivity contribution in [2.75, 3.05) is 6.61 Å². The van der Waals surface area contributed by atoms with E-state index in [1.807, 2.05) is 36.4 Å². The number of ether oxygens (including phenoxy) is 2. The van der Waals surface area contributed by atoms with Gasteiger partial charge in [-0.2, -0.15) is 0 Å². The third-order valence-electron chi connectivity index (χ3n) is 3.62. The summed E-state index contributed by atoms with van der Waals surface area (Å²) in [4.78, 5) is 24.4. The van der Waals surface area contributed by atoms with Gasteiger partial charge in [0.2, 0.25) is 0 Å². The van der Waals surface area contributed by atoms with E-state index >= 15 is 0 Å². The SMILES string of the molecule is C=CCOC(=O)c1cccc(OC(=O)c2cccc3ccccc23)c1. The van der Waals surface area contributed by atoms with Gasteiger partial charge < -0.3 is 9.47 Å². The van der Waals surface area contributed by atoms with Crippen molar-refractivity contribution in [3.8, 4) is 5.75 Å². The molecule has 0 unspecified atom stereocenters. The second-order valence-electron chi connectivity index (χ2n) is 5.33. The normalized spacial score (nSPS) is 10.2. The first-order valence-electron chi connectivity index (χ1n) is 7.77. The van der Waals surface area contributed by atoms with E-state index in [1.54, 1.807) is 24.3 Å². The van der Waals surface area contributed by atoms with Crippen LogP contribution < -0.4 is 4.74 Å². The molecule has 3 aromatic carbocycles. The van der Waals surface area contributed by atoms with E-state index < -0.39 is 11.9 Å². The molecular weight excluding hydrogens is 316 g/mol. The van der Waals surface area contributed by atoms with Gasteiger partial charge in [-0.15, -0.1) is 0 Å². The van der Waals surface area contributed by atoms with Crippen LogP contribution in [0.3, 0.4) is 0 Å². The van der Waals surface area contributed by atoms with Crippen LogP contribution in [0.2, 0.25) is 0 Å². The first-order chi connectivity index (χ1) is 12.2. The lowest BCUT2D eigenvalue weighted by molar-refractivity contribution is 0.0547. The molecule has 0 aliphatic heterocycles. The molecule has 3 rings (SSSR count). The molecule has 0 radical (unpaired) electrons.